The Kier molecular flexibility index (Phi) is 2.66. The van der Waals surface area contributed by atoms with E-state index >= 15 is 0 Å². The van der Waals surface area contributed by atoms with Gasteiger partial charge < -0.3 is 0 Å². The molecule has 3 aliphatic carbocycles. The van der Waals surface area contributed by atoms with Crippen LogP contribution in [-0.2, 0) is 0 Å². The van der Waals surface area contributed by atoms with Gasteiger partial charge >= 0.3 is 0 Å². The van der Waals surface area contributed by atoms with Gasteiger partial charge in [-0.1, -0.05) is 55.2 Å². The summed E-state index contributed by atoms with van der Waals surface area (Å²) in [6.45, 7) is 8.63. The summed E-state index contributed by atoms with van der Waals surface area (Å²) in [5.41, 5.74) is 11.1. The molecule has 0 amide bonds. The fraction of sp³-hybridized carbons (Fsp3) is 0.103. The molecule has 3 aliphatic rings. The highest BCUT2D eigenvalue weighted by atomic mass is 14.4. The number of hydrogen-bond donors (Lipinski definition) is 0. The van der Waals surface area contributed by atoms with Crippen LogP contribution < -0.4 is 0 Å². The zero-order valence-corrected chi connectivity index (χ0v) is 16.6. The summed E-state index contributed by atoms with van der Waals surface area (Å²) in [6.07, 6.45) is 11.2. The third-order valence-electron chi connectivity index (χ3n) is 7.38. The average Bonchev–Trinajstić information content (AvgIpc) is 2.76. The normalized spacial score (nSPS) is 18.1. The molecule has 0 aromatic heterocycles. The standard InChI is InChI=1S/C29H20/c1-4-17-11-22-15(2)16(3)23-14-20-8-5-7-18-13-19-9-6-10-21-24(12-17)27(22)28(23)29(25(18)20)26(19)21/h4-14,26H,1H2,2-3H3. The van der Waals surface area contributed by atoms with E-state index in [-0.39, 0.29) is 0 Å². The minimum absolute atomic E-state index is 0.332. The molecular formula is C29H20. The number of fused-ring (bicyclic) bond motifs is 1. The van der Waals surface area contributed by atoms with Gasteiger partial charge in [0, 0.05) is 5.92 Å². The van der Waals surface area contributed by atoms with Crippen LogP contribution in [0.15, 0.2) is 66.8 Å². The predicted molar refractivity (Wildman–Crippen MR) is 126 cm³/mol. The molecule has 4 aromatic rings. The summed E-state index contributed by atoms with van der Waals surface area (Å²) < 4.78 is 0. The van der Waals surface area contributed by atoms with E-state index in [1.807, 2.05) is 6.08 Å². The molecule has 1 unspecified atom stereocenters. The first kappa shape index (κ1) is 15.5. The molecule has 0 aliphatic heterocycles. The van der Waals surface area contributed by atoms with Crippen LogP contribution in [0.5, 0.6) is 0 Å². The van der Waals surface area contributed by atoms with E-state index in [1.54, 1.807) is 0 Å². The zero-order chi connectivity index (χ0) is 19.4. The second-order valence-electron chi connectivity index (χ2n) is 8.66. The van der Waals surface area contributed by atoms with Crippen molar-refractivity contribution in [2.24, 2.45) is 0 Å². The Morgan fingerprint density at radius 1 is 0.931 bits per heavy atom. The van der Waals surface area contributed by atoms with Crippen LogP contribution in [0.2, 0.25) is 0 Å². The van der Waals surface area contributed by atoms with Crippen LogP contribution in [0, 0.1) is 13.8 Å². The van der Waals surface area contributed by atoms with Crippen molar-refractivity contribution in [3.8, 4) is 0 Å². The van der Waals surface area contributed by atoms with Gasteiger partial charge in [0.2, 0.25) is 0 Å². The molecule has 4 aromatic carbocycles. The van der Waals surface area contributed by atoms with E-state index in [1.165, 1.54) is 76.8 Å². The van der Waals surface area contributed by atoms with Crippen molar-refractivity contribution in [1.82, 2.24) is 0 Å². The first-order valence-corrected chi connectivity index (χ1v) is 10.4. The van der Waals surface area contributed by atoms with Gasteiger partial charge in [-0.25, -0.2) is 0 Å². The molecule has 0 heteroatoms. The lowest BCUT2D eigenvalue weighted by Crippen LogP contribution is -2.16. The Morgan fingerprint density at radius 3 is 2.59 bits per heavy atom. The highest BCUT2D eigenvalue weighted by Crippen LogP contribution is 2.57. The quantitative estimate of drug-likeness (QED) is 0.237. The molecule has 0 saturated heterocycles. The molecule has 0 N–H and O–H groups in total. The summed E-state index contributed by atoms with van der Waals surface area (Å²) in [6, 6.07) is 13.9. The SMILES string of the molecule is C=Cc1cc2c3c(c1)c(C)c(C)c1cc4cccc5c4c(c13)C1C(=C5)C=CC=C21. The van der Waals surface area contributed by atoms with Crippen LogP contribution in [0.25, 0.3) is 50.0 Å². The summed E-state index contributed by atoms with van der Waals surface area (Å²) in [4.78, 5) is 0. The van der Waals surface area contributed by atoms with Crippen molar-refractivity contribution in [2.45, 2.75) is 19.8 Å². The molecule has 7 rings (SSSR count). The van der Waals surface area contributed by atoms with Crippen molar-refractivity contribution in [3.63, 3.8) is 0 Å². The minimum Gasteiger partial charge on any atom is -0.0985 e. The number of aryl methyl sites for hydroxylation is 2. The summed E-state index contributed by atoms with van der Waals surface area (Å²) in [5.74, 6) is 0.332. The molecule has 1 atom stereocenters. The maximum atomic E-state index is 4.07. The summed E-state index contributed by atoms with van der Waals surface area (Å²) in [5, 5.41) is 8.49. The second kappa shape index (κ2) is 4.96. The largest absolute Gasteiger partial charge is 0.0985 e. The first-order valence-electron chi connectivity index (χ1n) is 10.4. The molecule has 0 heterocycles. The Hall–Kier alpha value is -3.38. The van der Waals surface area contributed by atoms with E-state index in [0.29, 0.717) is 5.92 Å². The van der Waals surface area contributed by atoms with Gasteiger partial charge in [0.05, 0.1) is 0 Å². The summed E-state index contributed by atoms with van der Waals surface area (Å²) >= 11 is 0. The van der Waals surface area contributed by atoms with E-state index < -0.39 is 0 Å². The predicted octanol–water partition coefficient (Wildman–Crippen LogP) is 7.85. The average molecular weight is 368 g/mol. The topological polar surface area (TPSA) is 0 Å². The Balaban J connectivity index is 1.90. The van der Waals surface area contributed by atoms with Gasteiger partial charge in [0.25, 0.3) is 0 Å². The van der Waals surface area contributed by atoms with Gasteiger partial charge in [-0.2, -0.15) is 0 Å². The maximum absolute atomic E-state index is 4.07. The van der Waals surface area contributed by atoms with E-state index in [0.717, 1.165) is 0 Å². The Labute approximate surface area is 170 Å². The lowest BCUT2D eigenvalue weighted by molar-refractivity contribution is 1.06. The molecule has 0 spiro atoms. The Morgan fingerprint density at radius 2 is 1.76 bits per heavy atom. The van der Waals surface area contributed by atoms with Crippen molar-refractivity contribution < 1.29 is 0 Å². The lowest BCUT2D eigenvalue weighted by atomic mass is 9.66. The van der Waals surface area contributed by atoms with Gasteiger partial charge in [0.1, 0.15) is 0 Å². The minimum atomic E-state index is 0.332. The van der Waals surface area contributed by atoms with Crippen LogP contribution in [0.3, 0.4) is 0 Å². The van der Waals surface area contributed by atoms with E-state index in [4.69, 9.17) is 0 Å². The molecule has 0 saturated carbocycles. The molecule has 29 heavy (non-hydrogen) atoms. The van der Waals surface area contributed by atoms with Crippen molar-refractivity contribution in [2.75, 3.05) is 0 Å². The monoisotopic (exact) mass is 368 g/mol. The fourth-order valence-corrected chi connectivity index (χ4v) is 5.98. The molecular weight excluding hydrogens is 348 g/mol. The van der Waals surface area contributed by atoms with E-state index in [9.17, 15) is 0 Å². The van der Waals surface area contributed by atoms with Gasteiger partial charge in [0.15, 0.2) is 0 Å². The number of allylic oxidation sites excluding steroid dienone is 5. The van der Waals surface area contributed by atoms with Gasteiger partial charge in [-0.05, 0) is 109 Å². The zero-order valence-electron chi connectivity index (χ0n) is 16.6. The molecule has 0 radical (unpaired) electrons. The first-order chi connectivity index (χ1) is 14.2. The van der Waals surface area contributed by atoms with Crippen LogP contribution in [0.4, 0.5) is 0 Å². The number of benzene rings is 4. The second-order valence-corrected chi connectivity index (χ2v) is 8.66. The maximum Gasteiger partial charge on any atom is 0.0359 e. The third kappa shape index (κ3) is 1.68. The smallest absolute Gasteiger partial charge is 0.0359 e. The third-order valence-corrected chi connectivity index (χ3v) is 7.38. The molecule has 0 fully saturated rings. The Bertz CT molecular complexity index is 1570. The molecule has 0 bridgehead atoms. The van der Waals surface area contributed by atoms with Crippen LogP contribution in [0.1, 0.15) is 39.3 Å². The van der Waals surface area contributed by atoms with Crippen molar-refractivity contribution in [1.29, 1.82) is 0 Å². The fourth-order valence-electron chi connectivity index (χ4n) is 5.98. The number of hydrogen-bond acceptors (Lipinski definition) is 0. The summed E-state index contributed by atoms with van der Waals surface area (Å²) in [7, 11) is 0. The molecule has 0 nitrogen and oxygen atoms in total. The van der Waals surface area contributed by atoms with E-state index in [2.05, 4.69) is 81.1 Å². The van der Waals surface area contributed by atoms with Crippen LogP contribution >= 0.6 is 0 Å². The van der Waals surface area contributed by atoms with Gasteiger partial charge in [-0.3, -0.25) is 0 Å². The number of rotatable bonds is 1. The van der Waals surface area contributed by atoms with Crippen molar-refractivity contribution in [3.05, 3.63) is 100 Å². The lowest BCUT2D eigenvalue weighted by Gasteiger charge is -2.36. The van der Waals surface area contributed by atoms with Crippen molar-refractivity contribution >= 4 is 50.0 Å². The highest BCUT2D eigenvalue weighted by molar-refractivity contribution is 6.25. The molecule has 136 valence electrons. The van der Waals surface area contributed by atoms with Crippen LogP contribution in [-0.4, -0.2) is 0 Å². The van der Waals surface area contributed by atoms with Gasteiger partial charge in [-0.15, -0.1) is 0 Å². The highest BCUT2D eigenvalue weighted by Gasteiger charge is 2.35.